The van der Waals surface area contributed by atoms with E-state index in [-0.39, 0.29) is 6.04 Å². The lowest BCUT2D eigenvalue weighted by Gasteiger charge is -2.47. The summed E-state index contributed by atoms with van der Waals surface area (Å²) in [6, 6.07) is 61.0. The van der Waals surface area contributed by atoms with Crippen molar-refractivity contribution in [2.24, 2.45) is 0 Å². The SMILES string of the molecule is C=C1CC(N(c2ccc(C)cc2)c2ccc3c4ccccc4c4ccccc4c3c2)c2ccccc2C12c1ccccc1-c1ccccc12. The van der Waals surface area contributed by atoms with E-state index in [1.54, 1.807) is 0 Å². The van der Waals surface area contributed by atoms with E-state index in [0.717, 1.165) is 6.42 Å². The third-order valence-corrected chi connectivity index (χ3v) is 11.3. The third kappa shape index (κ3) is 3.87. The molecule has 0 radical (unpaired) electrons. The molecule has 1 atom stereocenters. The highest BCUT2D eigenvalue weighted by molar-refractivity contribution is 6.25. The summed E-state index contributed by atoms with van der Waals surface area (Å²) in [6.45, 7) is 7.14. The summed E-state index contributed by atoms with van der Waals surface area (Å²) in [7, 11) is 0. The highest BCUT2D eigenvalue weighted by Gasteiger charge is 2.51. The molecule has 0 N–H and O–H groups in total. The van der Waals surface area contributed by atoms with Crippen molar-refractivity contribution in [1.82, 2.24) is 0 Å². The Labute approximate surface area is 287 Å². The van der Waals surface area contributed by atoms with Gasteiger partial charge < -0.3 is 4.90 Å². The molecule has 8 aromatic carbocycles. The molecule has 1 heteroatoms. The van der Waals surface area contributed by atoms with Gasteiger partial charge in [-0.05, 0) is 103 Å². The van der Waals surface area contributed by atoms with Gasteiger partial charge >= 0.3 is 0 Å². The van der Waals surface area contributed by atoms with Crippen molar-refractivity contribution in [3.8, 4) is 11.1 Å². The van der Waals surface area contributed by atoms with Gasteiger partial charge in [-0.1, -0.05) is 157 Å². The van der Waals surface area contributed by atoms with Crippen molar-refractivity contribution in [2.45, 2.75) is 24.8 Å². The van der Waals surface area contributed by atoms with Crippen LogP contribution in [0, 0.1) is 6.92 Å². The van der Waals surface area contributed by atoms with E-state index in [1.807, 2.05) is 0 Å². The maximum absolute atomic E-state index is 4.98. The van der Waals surface area contributed by atoms with Gasteiger partial charge in [0.1, 0.15) is 0 Å². The third-order valence-electron chi connectivity index (χ3n) is 11.3. The average Bonchev–Trinajstić information content (AvgIpc) is 3.46. The minimum atomic E-state index is -0.391. The fourth-order valence-electron chi connectivity index (χ4n) is 9.21. The van der Waals surface area contributed by atoms with Crippen LogP contribution < -0.4 is 4.90 Å². The number of anilines is 2. The van der Waals surface area contributed by atoms with Crippen LogP contribution in [0.2, 0.25) is 0 Å². The largest absolute Gasteiger partial charge is 0.334 e. The summed E-state index contributed by atoms with van der Waals surface area (Å²) in [5.41, 5.74) is 12.5. The normalized spacial score (nSPS) is 15.8. The van der Waals surface area contributed by atoms with Gasteiger partial charge in [0, 0.05) is 11.4 Å². The summed E-state index contributed by atoms with van der Waals surface area (Å²) < 4.78 is 0. The second kappa shape index (κ2) is 10.5. The van der Waals surface area contributed by atoms with Gasteiger partial charge in [-0.2, -0.15) is 0 Å². The molecule has 1 unspecified atom stereocenters. The van der Waals surface area contributed by atoms with E-state index < -0.39 is 5.41 Å². The highest BCUT2D eigenvalue weighted by atomic mass is 15.2. The zero-order chi connectivity index (χ0) is 32.7. The first-order chi connectivity index (χ1) is 24.1. The Kier molecular flexibility index (Phi) is 6.05. The van der Waals surface area contributed by atoms with Crippen molar-refractivity contribution in [3.63, 3.8) is 0 Å². The molecule has 8 aromatic rings. The van der Waals surface area contributed by atoms with Crippen molar-refractivity contribution in [1.29, 1.82) is 0 Å². The van der Waals surface area contributed by atoms with Gasteiger partial charge in [0.05, 0.1) is 11.5 Å². The number of fused-ring (bicyclic) bond motifs is 13. The molecule has 0 aliphatic heterocycles. The zero-order valence-corrected chi connectivity index (χ0v) is 27.5. The monoisotopic (exact) mass is 625 g/mol. The van der Waals surface area contributed by atoms with Gasteiger partial charge in [-0.3, -0.25) is 0 Å². The molecular formula is C48H35N. The molecule has 0 saturated heterocycles. The van der Waals surface area contributed by atoms with E-state index >= 15 is 0 Å². The van der Waals surface area contributed by atoms with E-state index in [9.17, 15) is 0 Å². The number of hydrogen-bond acceptors (Lipinski definition) is 1. The van der Waals surface area contributed by atoms with Crippen molar-refractivity contribution in [3.05, 3.63) is 204 Å². The van der Waals surface area contributed by atoms with Crippen molar-refractivity contribution < 1.29 is 0 Å². The van der Waals surface area contributed by atoms with E-state index in [0.29, 0.717) is 0 Å². The summed E-state index contributed by atoms with van der Waals surface area (Å²) in [6.07, 6.45) is 0.823. The number of nitrogens with zero attached hydrogens (tertiary/aromatic N) is 1. The van der Waals surface area contributed by atoms with Gasteiger partial charge in [0.2, 0.25) is 0 Å². The minimum absolute atomic E-state index is 0.0566. The molecule has 0 bridgehead atoms. The van der Waals surface area contributed by atoms with E-state index in [1.165, 1.54) is 88.2 Å². The Balaban J connectivity index is 1.24. The van der Waals surface area contributed by atoms with Gasteiger partial charge in [-0.25, -0.2) is 0 Å². The summed E-state index contributed by atoms with van der Waals surface area (Å²) in [5.74, 6) is 0. The maximum atomic E-state index is 4.98. The lowest BCUT2D eigenvalue weighted by Crippen LogP contribution is -2.39. The number of aryl methyl sites for hydroxylation is 1. The minimum Gasteiger partial charge on any atom is -0.334 e. The number of benzene rings is 8. The second-order valence-electron chi connectivity index (χ2n) is 13.8. The van der Waals surface area contributed by atoms with E-state index in [2.05, 4.69) is 176 Å². The first-order valence-corrected chi connectivity index (χ1v) is 17.3. The molecule has 0 aromatic heterocycles. The molecule has 10 rings (SSSR count). The Morgan fingerprint density at radius 1 is 0.490 bits per heavy atom. The standard InChI is InChI=1S/C48H35N/c1-31-23-25-33(26-24-31)49(34-27-28-39-37-15-4-3-13-35(37)36-14-5-6-16-38(36)43(39)30-34)47-29-32(2)48(46-22-12-9-19-42(46)47)44-20-10-7-17-40(44)41-18-8-11-21-45(41)48/h3-28,30,47H,2,29H2,1H3. The Morgan fingerprint density at radius 2 is 0.959 bits per heavy atom. The molecule has 0 saturated carbocycles. The van der Waals surface area contributed by atoms with Gasteiger partial charge in [0.25, 0.3) is 0 Å². The average molecular weight is 626 g/mol. The highest BCUT2D eigenvalue weighted by Crippen LogP contribution is 2.61. The molecule has 0 fully saturated rings. The Bertz CT molecular complexity index is 2540. The molecule has 2 aliphatic rings. The Morgan fingerprint density at radius 3 is 1.57 bits per heavy atom. The maximum Gasteiger partial charge on any atom is 0.0675 e. The van der Waals surface area contributed by atoms with Crippen LogP contribution in [0.25, 0.3) is 43.4 Å². The smallest absolute Gasteiger partial charge is 0.0675 e. The lowest BCUT2D eigenvalue weighted by atomic mass is 9.60. The van der Waals surface area contributed by atoms with Gasteiger partial charge in [0.15, 0.2) is 0 Å². The molecule has 0 heterocycles. The molecular weight excluding hydrogens is 591 g/mol. The first kappa shape index (κ1) is 28.1. The predicted octanol–water partition coefficient (Wildman–Crippen LogP) is 12.6. The second-order valence-corrected chi connectivity index (χ2v) is 13.8. The molecule has 232 valence electrons. The van der Waals surface area contributed by atoms with Crippen molar-refractivity contribution in [2.75, 3.05) is 4.90 Å². The predicted molar refractivity (Wildman–Crippen MR) is 207 cm³/mol. The van der Waals surface area contributed by atoms with Crippen LogP contribution in [-0.2, 0) is 5.41 Å². The molecule has 1 nitrogen and oxygen atoms in total. The molecule has 49 heavy (non-hydrogen) atoms. The first-order valence-electron chi connectivity index (χ1n) is 17.3. The quantitative estimate of drug-likeness (QED) is 0.139. The van der Waals surface area contributed by atoms with Crippen LogP contribution >= 0.6 is 0 Å². The topological polar surface area (TPSA) is 3.24 Å². The molecule has 0 amide bonds. The summed E-state index contributed by atoms with van der Waals surface area (Å²) in [5, 5.41) is 7.74. The summed E-state index contributed by atoms with van der Waals surface area (Å²) >= 11 is 0. The molecule has 1 spiro atoms. The zero-order valence-electron chi connectivity index (χ0n) is 27.5. The van der Waals surface area contributed by atoms with Crippen LogP contribution in [0.15, 0.2) is 176 Å². The van der Waals surface area contributed by atoms with Crippen LogP contribution in [0.1, 0.15) is 40.3 Å². The van der Waals surface area contributed by atoms with Crippen LogP contribution in [0.4, 0.5) is 11.4 Å². The fraction of sp³-hybridized carbons (Fsp3) is 0.0833. The van der Waals surface area contributed by atoms with Gasteiger partial charge in [-0.15, -0.1) is 0 Å². The number of hydrogen-bond donors (Lipinski definition) is 0. The van der Waals surface area contributed by atoms with Crippen LogP contribution in [0.3, 0.4) is 0 Å². The summed E-state index contributed by atoms with van der Waals surface area (Å²) in [4.78, 5) is 2.58. The number of rotatable bonds is 3. The van der Waals surface area contributed by atoms with Crippen molar-refractivity contribution >= 4 is 43.7 Å². The van der Waals surface area contributed by atoms with Crippen LogP contribution in [0.5, 0.6) is 0 Å². The molecule has 2 aliphatic carbocycles. The van der Waals surface area contributed by atoms with Crippen LogP contribution in [-0.4, -0.2) is 0 Å². The Hall–Kier alpha value is -5.92. The van der Waals surface area contributed by atoms with E-state index in [4.69, 9.17) is 6.58 Å². The lowest BCUT2D eigenvalue weighted by molar-refractivity contribution is 0.564. The fourth-order valence-corrected chi connectivity index (χ4v) is 9.21.